The third-order valence-electron chi connectivity index (χ3n) is 4.76. The van der Waals surface area contributed by atoms with Gasteiger partial charge in [-0.25, -0.2) is 4.90 Å². The minimum absolute atomic E-state index is 0.0970. The molecule has 0 aliphatic carbocycles. The van der Waals surface area contributed by atoms with Crippen LogP contribution in [0, 0.1) is 10.1 Å². The van der Waals surface area contributed by atoms with Crippen LogP contribution in [0.2, 0.25) is 0 Å². The highest BCUT2D eigenvalue weighted by atomic mass is 32.2. The van der Waals surface area contributed by atoms with Crippen LogP contribution in [0.5, 0.6) is 0 Å². The molecule has 156 valence electrons. The molecule has 3 rings (SSSR count). The van der Waals surface area contributed by atoms with Gasteiger partial charge in [0.15, 0.2) is 0 Å². The van der Waals surface area contributed by atoms with E-state index in [0.717, 1.165) is 41.5 Å². The summed E-state index contributed by atoms with van der Waals surface area (Å²) in [4.78, 5) is 38.0. The lowest BCUT2D eigenvalue weighted by atomic mass is 10.1. The van der Waals surface area contributed by atoms with Gasteiger partial charge in [-0.3, -0.25) is 19.7 Å². The molecular weight excluding hydrogens is 404 g/mol. The number of nitro groups is 1. The monoisotopic (exact) mass is 426 g/mol. The first-order valence-electron chi connectivity index (χ1n) is 9.68. The maximum atomic E-state index is 13.2. The molecule has 8 heteroatoms. The van der Waals surface area contributed by atoms with Crippen LogP contribution in [0.3, 0.4) is 0 Å². The number of aliphatic hydroxyl groups excluding tert-OH is 1. The van der Waals surface area contributed by atoms with Gasteiger partial charge in [-0.05, 0) is 48.2 Å². The summed E-state index contributed by atoms with van der Waals surface area (Å²) in [6.07, 6.45) is 3.08. The lowest BCUT2D eigenvalue weighted by Gasteiger charge is -2.16. The molecular formula is C22H22N2O5S. The Hall–Kier alpha value is -2.97. The molecule has 2 amide bonds. The molecule has 0 unspecified atom stereocenters. The highest BCUT2D eigenvalue weighted by molar-refractivity contribution is 8.04. The van der Waals surface area contributed by atoms with Crippen molar-refractivity contribution in [3.05, 3.63) is 74.7 Å². The molecule has 2 aromatic carbocycles. The predicted octanol–water partition coefficient (Wildman–Crippen LogP) is 3.95. The van der Waals surface area contributed by atoms with E-state index in [1.54, 1.807) is 12.1 Å². The smallest absolute Gasteiger partial charge is 0.272 e. The van der Waals surface area contributed by atoms with Gasteiger partial charge in [-0.1, -0.05) is 25.5 Å². The largest absolute Gasteiger partial charge is 0.396 e. The summed E-state index contributed by atoms with van der Waals surface area (Å²) < 4.78 is 0. The Labute approximate surface area is 178 Å². The van der Waals surface area contributed by atoms with Crippen LogP contribution in [-0.2, 0) is 16.0 Å². The number of unbranched alkanes of at least 4 members (excludes halogenated alkanes) is 1. The molecule has 0 radical (unpaired) electrons. The van der Waals surface area contributed by atoms with Gasteiger partial charge in [0.25, 0.3) is 17.5 Å². The number of amides is 2. The lowest BCUT2D eigenvalue weighted by Crippen LogP contribution is -2.31. The lowest BCUT2D eigenvalue weighted by molar-refractivity contribution is -0.384. The molecule has 1 aliphatic rings. The summed E-state index contributed by atoms with van der Waals surface area (Å²) in [6.45, 7) is 1.97. The van der Waals surface area contributed by atoms with E-state index >= 15 is 0 Å². The fourth-order valence-electron chi connectivity index (χ4n) is 3.22. The quantitative estimate of drug-likeness (QED) is 0.370. The number of thioether (sulfide) groups is 1. The van der Waals surface area contributed by atoms with E-state index < -0.39 is 16.7 Å². The van der Waals surface area contributed by atoms with Gasteiger partial charge in [0.1, 0.15) is 0 Å². The predicted molar refractivity (Wildman–Crippen MR) is 117 cm³/mol. The van der Waals surface area contributed by atoms with Crippen LogP contribution in [0.4, 0.5) is 11.4 Å². The SMILES string of the molecule is CCCCc1ccc(N2C(=O)C(SCCO)=C(c3ccc([N+](=O)[O-])cc3)C2=O)cc1. The molecule has 7 nitrogen and oxygen atoms in total. The zero-order valence-electron chi connectivity index (χ0n) is 16.5. The molecule has 0 spiro atoms. The first-order valence-corrected chi connectivity index (χ1v) is 10.7. The fourth-order valence-corrected chi connectivity index (χ4v) is 4.08. The minimum atomic E-state index is -0.520. The Morgan fingerprint density at radius 1 is 1.03 bits per heavy atom. The molecule has 0 atom stereocenters. The maximum Gasteiger partial charge on any atom is 0.272 e. The molecule has 0 bridgehead atoms. The van der Waals surface area contributed by atoms with Crippen LogP contribution < -0.4 is 4.90 Å². The number of hydrogen-bond acceptors (Lipinski definition) is 6. The second-order valence-corrected chi connectivity index (χ2v) is 7.90. The van der Waals surface area contributed by atoms with Crippen LogP contribution in [-0.4, -0.2) is 34.2 Å². The van der Waals surface area contributed by atoms with E-state index in [2.05, 4.69) is 6.92 Å². The first-order chi connectivity index (χ1) is 14.5. The van der Waals surface area contributed by atoms with Crippen molar-refractivity contribution in [2.45, 2.75) is 26.2 Å². The number of non-ortho nitro benzene ring substituents is 1. The van der Waals surface area contributed by atoms with Crippen molar-refractivity contribution < 1.29 is 19.6 Å². The highest BCUT2D eigenvalue weighted by Gasteiger charge is 2.40. The van der Waals surface area contributed by atoms with Crippen molar-refractivity contribution in [3.8, 4) is 0 Å². The highest BCUT2D eigenvalue weighted by Crippen LogP contribution is 2.38. The zero-order valence-corrected chi connectivity index (χ0v) is 17.4. The summed E-state index contributed by atoms with van der Waals surface area (Å²) in [5.41, 5.74) is 2.15. The molecule has 0 aromatic heterocycles. The third kappa shape index (κ3) is 4.44. The number of anilines is 1. The van der Waals surface area contributed by atoms with E-state index in [1.807, 2.05) is 12.1 Å². The minimum Gasteiger partial charge on any atom is -0.396 e. The maximum absolute atomic E-state index is 13.2. The van der Waals surface area contributed by atoms with Crippen LogP contribution >= 0.6 is 11.8 Å². The topological polar surface area (TPSA) is 101 Å². The molecule has 30 heavy (non-hydrogen) atoms. The van der Waals surface area contributed by atoms with Crippen LogP contribution in [0.25, 0.3) is 5.57 Å². The molecule has 0 saturated carbocycles. The molecule has 0 fully saturated rings. The first kappa shape index (κ1) is 21.7. The molecule has 1 aliphatic heterocycles. The Bertz CT molecular complexity index is 984. The number of hydrogen-bond donors (Lipinski definition) is 1. The van der Waals surface area contributed by atoms with Gasteiger partial charge in [0.2, 0.25) is 0 Å². The van der Waals surface area contributed by atoms with Gasteiger partial charge in [-0.15, -0.1) is 11.8 Å². The molecule has 0 saturated heterocycles. The summed E-state index contributed by atoms with van der Waals surface area (Å²) in [5, 5.41) is 20.1. The molecule has 2 aromatic rings. The van der Waals surface area contributed by atoms with Crippen molar-refractivity contribution >= 4 is 40.5 Å². The van der Waals surface area contributed by atoms with Crippen molar-refractivity contribution in [1.29, 1.82) is 0 Å². The number of carbonyl (C=O) groups is 2. The number of nitro benzene ring substituents is 1. The van der Waals surface area contributed by atoms with E-state index in [1.165, 1.54) is 24.3 Å². The normalized spacial score (nSPS) is 14.0. The number of carbonyl (C=O) groups excluding carboxylic acids is 2. The Morgan fingerprint density at radius 2 is 1.70 bits per heavy atom. The summed E-state index contributed by atoms with van der Waals surface area (Å²) in [5.74, 6) is -0.669. The second-order valence-electron chi connectivity index (χ2n) is 6.80. The van der Waals surface area contributed by atoms with Gasteiger partial charge in [0, 0.05) is 17.9 Å². The van der Waals surface area contributed by atoms with E-state index in [4.69, 9.17) is 0 Å². The number of aryl methyl sites for hydroxylation is 1. The van der Waals surface area contributed by atoms with E-state index in [9.17, 15) is 24.8 Å². The van der Waals surface area contributed by atoms with Gasteiger partial charge >= 0.3 is 0 Å². The van der Waals surface area contributed by atoms with Crippen LogP contribution in [0.1, 0.15) is 30.9 Å². The summed E-state index contributed by atoms with van der Waals surface area (Å²) >= 11 is 1.11. The molecule has 1 heterocycles. The summed E-state index contributed by atoms with van der Waals surface area (Å²) in [7, 11) is 0. The van der Waals surface area contributed by atoms with Crippen molar-refractivity contribution in [2.75, 3.05) is 17.3 Å². The number of rotatable bonds is 9. The Balaban J connectivity index is 1.95. The van der Waals surface area contributed by atoms with Gasteiger partial charge in [0.05, 0.1) is 27.7 Å². The number of aliphatic hydroxyl groups is 1. The van der Waals surface area contributed by atoms with Crippen molar-refractivity contribution in [3.63, 3.8) is 0 Å². The Morgan fingerprint density at radius 3 is 2.27 bits per heavy atom. The Kier molecular flexibility index (Phi) is 7.02. The van der Waals surface area contributed by atoms with E-state index in [-0.39, 0.29) is 28.5 Å². The second kappa shape index (κ2) is 9.69. The fraction of sp³-hybridized carbons (Fsp3) is 0.273. The third-order valence-corrected chi connectivity index (χ3v) is 5.81. The van der Waals surface area contributed by atoms with Crippen molar-refractivity contribution in [1.82, 2.24) is 0 Å². The number of nitrogens with zero attached hydrogens (tertiary/aromatic N) is 2. The number of imide groups is 1. The average Bonchev–Trinajstić information content (AvgIpc) is 3.00. The standard InChI is InChI=1S/C22H22N2O5S/c1-2-3-4-15-5-9-17(10-6-15)23-21(26)19(20(22(23)27)30-14-13-25)16-7-11-18(12-8-16)24(28)29/h5-12,25H,2-4,13-14H2,1H3. The zero-order chi connectivity index (χ0) is 21.7. The molecule has 1 N–H and O–H groups in total. The average molecular weight is 426 g/mol. The van der Waals surface area contributed by atoms with Gasteiger partial charge < -0.3 is 5.11 Å². The van der Waals surface area contributed by atoms with Gasteiger partial charge in [-0.2, -0.15) is 0 Å². The number of benzene rings is 2. The van der Waals surface area contributed by atoms with Crippen molar-refractivity contribution in [2.24, 2.45) is 0 Å². The van der Waals surface area contributed by atoms with E-state index in [0.29, 0.717) is 11.3 Å². The van der Waals surface area contributed by atoms with Crippen LogP contribution in [0.15, 0.2) is 53.4 Å². The summed E-state index contributed by atoms with van der Waals surface area (Å²) in [6, 6.07) is 12.9.